The number of carbonyl (C=O) groups excluding carboxylic acids is 1. The number of carbonyl (C=O) groups is 1. The number of nitrogens with one attached hydrogen (secondary N) is 2. The van der Waals surface area contributed by atoms with E-state index in [-0.39, 0.29) is 11.9 Å². The van der Waals surface area contributed by atoms with Crippen LogP contribution in [0, 0.1) is 0 Å². The summed E-state index contributed by atoms with van der Waals surface area (Å²) in [7, 11) is 1.96. The Kier molecular flexibility index (Phi) is 7.00. The molecular weight excluding hydrogens is 394 g/mol. The van der Waals surface area contributed by atoms with Crippen LogP contribution in [-0.2, 0) is 7.05 Å². The van der Waals surface area contributed by atoms with Crippen LogP contribution in [0.5, 0.6) is 0 Å². The molecule has 162 valence electrons. The van der Waals surface area contributed by atoms with Gasteiger partial charge in [0, 0.05) is 30.3 Å². The first kappa shape index (κ1) is 21.2. The van der Waals surface area contributed by atoms with Gasteiger partial charge in [0.1, 0.15) is 5.01 Å². The lowest BCUT2D eigenvalue weighted by atomic mass is 9.96. The van der Waals surface area contributed by atoms with Crippen LogP contribution in [0.3, 0.4) is 0 Å². The van der Waals surface area contributed by atoms with Crippen LogP contribution >= 0.6 is 11.3 Å². The van der Waals surface area contributed by atoms with Gasteiger partial charge in [-0.2, -0.15) is 5.10 Å². The highest BCUT2D eigenvalue weighted by Gasteiger charge is 2.24. The van der Waals surface area contributed by atoms with E-state index in [1.807, 2.05) is 36.0 Å². The summed E-state index contributed by atoms with van der Waals surface area (Å²) < 4.78 is 1.88. The SMILES string of the molecule is CCC(NC(=O)c1ccc(-c2nn(C)c(=NC3CCCCC3)s2)cc1)C1CCCN1. The third kappa shape index (κ3) is 5.01. The largest absolute Gasteiger partial charge is 0.348 e. The maximum absolute atomic E-state index is 12.7. The van der Waals surface area contributed by atoms with Crippen LogP contribution in [-0.4, -0.2) is 40.4 Å². The minimum Gasteiger partial charge on any atom is -0.348 e. The van der Waals surface area contributed by atoms with Crippen LogP contribution < -0.4 is 15.4 Å². The minimum atomic E-state index is -0.000202. The summed E-state index contributed by atoms with van der Waals surface area (Å²) in [4.78, 5) is 18.6. The molecule has 2 aliphatic rings. The van der Waals surface area contributed by atoms with E-state index in [0.29, 0.717) is 17.6 Å². The van der Waals surface area contributed by atoms with E-state index in [1.165, 1.54) is 38.5 Å². The molecule has 0 spiro atoms. The van der Waals surface area contributed by atoms with Gasteiger partial charge in [0.25, 0.3) is 5.91 Å². The summed E-state index contributed by atoms with van der Waals surface area (Å²) in [5.74, 6) is -0.000202. The van der Waals surface area contributed by atoms with Gasteiger partial charge in [0.15, 0.2) is 0 Å². The van der Waals surface area contributed by atoms with Gasteiger partial charge in [-0.15, -0.1) is 0 Å². The summed E-state index contributed by atoms with van der Waals surface area (Å²) in [5.41, 5.74) is 1.73. The second-order valence-corrected chi connectivity index (χ2v) is 9.46. The smallest absolute Gasteiger partial charge is 0.251 e. The fraction of sp³-hybridized carbons (Fsp3) is 0.609. The fourth-order valence-electron chi connectivity index (χ4n) is 4.50. The van der Waals surface area contributed by atoms with Crippen LogP contribution in [0.4, 0.5) is 0 Å². The van der Waals surface area contributed by atoms with Gasteiger partial charge < -0.3 is 10.6 Å². The van der Waals surface area contributed by atoms with Crippen LogP contribution in [0.15, 0.2) is 29.3 Å². The van der Waals surface area contributed by atoms with E-state index in [1.54, 1.807) is 11.3 Å². The maximum atomic E-state index is 12.7. The van der Waals surface area contributed by atoms with Gasteiger partial charge in [0.2, 0.25) is 4.80 Å². The number of rotatable bonds is 6. The molecule has 2 N–H and O–H groups in total. The average Bonchev–Trinajstić information content (AvgIpc) is 3.43. The molecule has 1 saturated heterocycles. The van der Waals surface area contributed by atoms with Gasteiger partial charge in [-0.1, -0.05) is 49.7 Å². The molecule has 30 heavy (non-hydrogen) atoms. The highest BCUT2D eigenvalue weighted by Crippen LogP contribution is 2.22. The Labute approximate surface area is 182 Å². The second-order valence-electron chi connectivity index (χ2n) is 8.50. The molecule has 4 rings (SSSR count). The van der Waals surface area contributed by atoms with E-state index in [0.717, 1.165) is 34.8 Å². The van der Waals surface area contributed by atoms with Gasteiger partial charge in [0.05, 0.1) is 6.04 Å². The van der Waals surface area contributed by atoms with E-state index >= 15 is 0 Å². The van der Waals surface area contributed by atoms with Crippen molar-refractivity contribution in [2.45, 2.75) is 76.4 Å². The molecule has 7 heteroatoms. The molecule has 1 saturated carbocycles. The average molecular weight is 428 g/mol. The molecule has 6 nitrogen and oxygen atoms in total. The molecule has 1 aliphatic heterocycles. The molecule has 2 atom stereocenters. The molecule has 1 aromatic heterocycles. The number of amides is 1. The predicted molar refractivity (Wildman–Crippen MR) is 122 cm³/mol. The maximum Gasteiger partial charge on any atom is 0.251 e. The molecular formula is C23H33N5OS. The number of hydrogen-bond donors (Lipinski definition) is 2. The monoisotopic (exact) mass is 427 g/mol. The zero-order valence-corrected chi connectivity index (χ0v) is 18.9. The first-order valence-corrected chi connectivity index (χ1v) is 12.2. The lowest BCUT2D eigenvalue weighted by Crippen LogP contribution is -2.47. The van der Waals surface area contributed by atoms with E-state index < -0.39 is 0 Å². The highest BCUT2D eigenvalue weighted by molar-refractivity contribution is 7.12. The number of aromatic nitrogens is 2. The number of benzene rings is 1. The summed E-state index contributed by atoms with van der Waals surface area (Å²) in [6, 6.07) is 8.80. The number of hydrogen-bond acceptors (Lipinski definition) is 5. The third-order valence-corrected chi connectivity index (χ3v) is 7.37. The predicted octanol–water partition coefficient (Wildman–Crippen LogP) is 3.64. The van der Waals surface area contributed by atoms with Crippen molar-refractivity contribution in [1.29, 1.82) is 0 Å². The second kappa shape index (κ2) is 9.88. The zero-order chi connectivity index (χ0) is 20.9. The summed E-state index contributed by atoms with van der Waals surface area (Å²) in [5, 5.41) is 12.3. The van der Waals surface area contributed by atoms with Crippen molar-refractivity contribution in [2.75, 3.05) is 6.54 Å². The minimum absolute atomic E-state index is 0.000202. The lowest BCUT2D eigenvalue weighted by molar-refractivity contribution is 0.0927. The number of aryl methyl sites for hydroxylation is 1. The highest BCUT2D eigenvalue weighted by atomic mass is 32.1. The van der Waals surface area contributed by atoms with E-state index in [2.05, 4.69) is 22.7 Å². The summed E-state index contributed by atoms with van der Waals surface area (Å²) >= 11 is 1.63. The van der Waals surface area contributed by atoms with Gasteiger partial charge in [-0.25, -0.2) is 4.68 Å². The fourth-order valence-corrected chi connectivity index (χ4v) is 5.47. The van der Waals surface area contributed by atoms with Crippen LogP contribution in [0.25, 0.3) is 10.6 Å². The Hall–Kier alpha value is -1.99. The van der Waals surface area contributed by atoms with Crippen molar-refractivity contribution in [3.8, 4) is 10.6 Å². The molecule has 2 fully saturated rings. The summed E-state index contributed by atoms with van der Waals surface area (Å²) in [6.45, 7) is 3.18. The molecule has 2 aromatic rings. The molecule has 1 aromatic carbocycles. The van der Waals surface area contributed by atoms with Crippen LogP contribution in [0.2, 0.25) is 0 Å². The Morgan fingerprint density at radius 2 is 2.00 bits per heavy atom. The Morgan fingerprint density at radius 1 is 1.23 bits per heavy atom. The molecule has 2 unspecified atom stereocenters. The van der Waals surface area contributed by atoms with Crippen molar-refractivity contribution in [3.63, 3.8) is 0 Å². The zero-order valence-electron chi connectivity index (χ0n) is 18.1. The lowest BCUT2D eigenvalue weighted by Gasteiger charge is -2.23. The van der Waals surface area contributed by atoms with Gasteiger partial charge in [-0.3, -0.25) is 9.79 Å². The van der Waals surface area contributed by atoms with Crippen molar-refractivity contribution in [1.82, 2.24) is 20.4 Å². The first-order chi connectivity index (χ1) is 14.6. The van der Waals surface area contributed by atoms with E-state index in [4.69, 9.17) is 4.99 Å². The molecule has 0 bridgehead atoms. The number of nitrogens with zero attached hydrogens (tertiary/aromatic N) is 3. The molecule has 2 heterocycles. The normalized spacial score (nSPS) is 21.7. The first-order valence-electron chi connectivity index (χ1n) is 11.4. The molecule has 1 amide bonds. The van der Waals surface area contributed by atoms with Gasteiger partial charge in [-0.05, 0) is 50.8 Å². The third-order valence-electron chi connectivity index (χ3n) is 6.31. The Bertz CT molecular complexity index is 904. The van der Waals surface area contributed by atoms with Crippen molar-refractivity contribution in [2.24, 2.45) is 12.0 Å². The molecule has 0 radical (unpaired) electrons. The quantitative estimate of drug-likeness (QED) is 0.739. The Balaban J connectivity index is 1.45. The Morgan fingerprint density at radius 3 is 2.67 bits per heavy atom. The van der Waals surface area contributed by atoms with Crippen molar-refractivity contribution in [3.05, 3.63) is 34.6 Å². The van der Waals surface area contributed by atoms with E-state index in [9.17, 15) is 4.79 Å². The van der Waals surface area contributed by atoms with Gasteiger partial charge >= 0.3 is 0 Å². The summed E-state index contributed by atoms with van der Waals surface area (Å²) in [6.07, 6.45) is 9.52. The van der Waals surface area contributed by atoms with Crippen molar-refractivity contribution >= 4 is 17.2 Å². The topological polar surface area (TPSA) is 71.3 Å². The van der Waals surface area contributed by atoms with Crippen molar-refractivity contribution < 1.29 is 4.79 Å². The standard InChI is InChI=1S/C23H33N5OS/c1-3-19(20-10-7-15-24-20)26-21(29)16-11-13-17(14-12-16)22-27-28(2)23(30-22)25-18-8-5-4-6-9-18/h11-14,18-20,24H,3-10,15H2,1-2H3,(H,26,29). The molecule has 1 aliphatic carbocycles. The van der Waals surface area contributed by atoms with Crippen LogP contribution in [0.1, 0.15) is 68.6 Å².